The number of hydrogen-bond acceptors (Lipinski definition) is 8. The molecule has 2 aromatic rings. The zero-order valence-electron chi connectivity index (χ0n) is 14.6. The lowest BCUT2D eigenvalue weighted by Crippen LogP contribution is -2.47. The van der Waals surface area contributed by atoms with Crippen LogP contribution < -0.4 is 9.80 Å². The van der Waals surface area contributed by atoms with E-state index in [1.165, 1.54) is 12.1 Å². The van der Waals surface area contributed by atoms with Crippen molar-refractivity contribution < 1.29 is 13.3 Å². The van der Waals surface area contributed by atoms with Crippen molar-refractivity contribution in [2.75, 3.05) is 42.2 Å². The molecule has 0 atom stereocenters. The van der Waals surface area contributed by atoms with Gasteiger partial charge in [-0.25, -0.2) is 13.4 Å². The Labute approximate surface area is 156 Å². The lowest BCUT2D eigenvalue weighted by molar-refractivity contribution is -0.387. The minimum atomic E-state index is -3.73. The second-order valence-electron chi connectivity index (χ2n) is 6.11. The molecular formula is C17H17N5O4S. The zero-order valence-corrected chi connectivity index (χ0v) is 15.4. The first kappa shape index (κ1) is 18.6. The summed E-state index contributed by atoms with van der Waals surface area (Å²) >= 11 is 0. The number of piperazine rings is 1. The fraction of sp³-hybridized carbons (Fsp3) is 0.294. The largest absolute Gasteiger partial charge is 0.362 e. The third-order valence-electron chi connectivity index (χ3n) is 4.39. The summed E-state index contributed by atoms with van der Waals surface area (Å²) in [6, 6.07) is 9.81. The van der Waals surface area contributed by atoms with E-state index in [-0.39, 0.29) is 10.6 Å². The first-order valence-electron chi connectivity index (χ1n) is 8.15. The number of nitriles is 1. The van der Waals surface area contributed by atoms with E-state index in [2.05, 4.69) is 11.1 Å². The number of pyridine rings is 1. The van der Waals surface area contributed by atoms with Crippen molar-refractivity contribution in [1.82, 2.24) is 4.98 Å². The van der Waals surface area contributed by atoms with Crippen LogP contribution >= 0.6 is 0 Å². The van der Waals surface area contributed by atoms with Crippen molar-refractivity contribution in [1.29, 1.82) is 5.26 Å². The van der Waals surface area contributed by atoms with Crippen LogP contribution in [0.15, 0.2) is 41.4 Å². The van der Waals surface area contributed by atoms with Crippen LogP contribution in [0.4, 0.5) is 17.2 Å². The molecule has 2 heterocycles. The topological polar surface area (TPSA) is 120 Å². The molecule has 1 aliphatic rings. The Hall–Kier alpha value is -3.19. The van der Waals surface area contributed by atoms with Gasteiger partial charge in [0.25, 0.3) is 0 Å². The van der Waals surface area contributed by atoms with Crippen LogP contribution in [0.25, 0.3) is 0 Å². The predicted octanol–water partition coefficient (Wildman–Crippen LogP) is 1.59. The average molecular weight is 387 g/mol. The van der Waals surface area contributed by atoms with Crippen molar-refractivity contribution >= 4 is 27.0 Å². The van der Waals surface area contributed by atoms with Crippen LogP contribution in [-0.4, -0.2) is 50.8 Å². The Morgan fingerprint density at radius 2 is 1.81 bits per heavy atom. The van der Waals surface area contributed by atoms with Gasteiger partial charge in [0, 0.05) is 38.6 Å². The Bertz CT molecular complexity index is 1020. The van der Waals surface area contributed by atoms with Crippen molar-refractivity contribution in [2.45, 2.75) is 4.90 Å². The molecule has 0 radical (unpaired) electrons. The summed E-state index contributed by atoms with van der Waals surface area (Å²) in [5.74, 6) is 0.582. The monoisotopic (exact) mass is 387 g/mol. The summed E-state index contributed by atoms with van der Waals surface area (Å²) < 4.78 is 23.9. The van der Waals surface area contributed by atoms with Crippen LogP contribution in [0.3, 0.4) is 0 Å². The van der Waals surface area contributed by atoms with E-state index in [0.717, 1.165) is 6.26 Å². The third-order valence-corrected chi connectivity index (χ3v) is 5.52. The van der Waals surface area contributed by atoms with Crippen molar-refractivity contribution in [3.8, 4) is 6.07 Å². The highest BCUT2D eigenvalue weighted by molar-refractivity contribution is 7.90. The van der Waals surface area contributed by atoms with Crippen molar-refractivity contribution in [3.63, 3.8) is 0 Å². The minimum Gasteiger partial charge on any atom is -0.362 e. The lowest BCUT2D eigenvalue weighted by Gasteiger charge is -2.36. The van der Waals surface area contributed by atoms with Crippen LogP contribution in [0.2, 0.25) is 0 Å². The Morgan fingerprint density at radius 3 is 2.41 bits per heavy atom. The molecule has 27 heavy (non-hydrogen) atoms. The first-order valence-corrected chi connectivity index (χ1v) is 10.0. The van der Waals surface area contributed by atoms with Gasteiger partial charge in [-0.2, -0.15) is 5.26 Å². The summed E-state index contributed by atoms with van der Waals surface area (Å²) in [5.41, 5.74) is 0.351. The van der Waals surface area contributed by atoms with E-state index < -0.39 is 20.4 Å². The Balaban J connectivity index is 1.89. The Morgan fingerprint density at radius 1 is 1.15 bits per heavy atom. The molecule has 9 nitrogen and oxygen atoms in total. The Kier molecular flexibility index (Phi) is 4.96. The molecule has 1 fully saturated rings. The second kappa shape index (κ2) is 7.20. The van der Waals surface area contributed by atoms with Gasteiger partial charge in [0.05, 0.1) is 10.5 Å². The highest BCUT2D eigenvalue weighted by Gasteiger charge is 2.30. The molecule has 0 spiro atoms. The predicted molar refractivity (Wildman–Crippen MR) is 99.6 cm³/mol. The summed E-state index contributed by atoms with van der Waals surface area (Å²) in [6.07, 6.45) is 2.57. The van der Waals surface area contributed by atoms with E-state index in [0.29, 0.717) is 37.6 Å². The van der Waals surface area contributed by atoms with Crippen LogP contribution in [0, 0.1) is 21.4 Å². The molecule has 10 heteroatoms. The molecule has 3 rings (SSSR count). The molecule has 0 unspecified atom stereocenters. The molecule has 1 saturated heterocycles. The smallest absolute Gasteiger partial charge is 0.311 e. The van der Waals surface area contributed by atoms with Crippen LogP contribution in [0.1, 0.15) is 5.56 Å². The summed E-state index contributed by atoms with van der Waals surface area (Å²) in [7, 11) is -3.73. The number of benzene rings is 1. The van der Waals surface area contributed by atoms with Gasteiger partial charge in [-0.1, -0.05) is 6.07 Å². The molecule has 1 aromatic carbocycles. The molecule has 0 aliphatic carbocycles. The van der Waals surface area contributed by atoms with Gasteiger partial charge in [0.15, 0.2) is 9.84 Å². The van der Waals surface area contributed by atoms with Crippen molar-refractivity contribution in [2.24, 2.45) is 0 Å². The summed E-state index contributed by atoms with van der Waals surface area (Å²) in [5, 5.41) is 20.8. The van der Waals surface area contributed by atoms with Gasteiger partial charge in [-0.15, -0.1) is 0 Å². The fourth-order valence-electron chi connectivity index (χ4n) is 3.14. The maximum absolute atomic E-state index is 11.9. The minimum absolute atomic E-state index is 0.282. The first-order chi connectivity index (χ1) is 12.8. The van der Waals surface area contributed by atoms with E-state index in [4.69, 9.17) is 0 Å². The maximum Gasteiger partial charge on any atom is 0.311 e. The number of sulfone groups is 1. The molecule has 140 valence electrons. The molecule has 0 amide bonds. The number of hydrogen-bond donors (Lipinski definition) is 0. The lowest BCUT2D eigenvalue weighted by atomic mass is 10.2. The summed E-state index contributed by atoms with van der Waals surface area (Å²) in [6.45, 7) is 1.89. The number of nitro groups is 1. The van der Waals surface area contributed by atoms with Gasteiger partial charge in [0.1, 0.15) is 22.5 Å². The number of aromatic nitrogens is 1. The van der Waals surface area contributed by atoms with E-state index in [1.54, 1.807) is 29.3 Å². The molecule has 1 aliphatic heterocycles. The number of anilines is 2. The maximum atomic E-state index is 11.9. The molecule has 0 saturated carbocycles. The van der Waals surface area contributed by atoms with Crippen LogP contribution in [0.5, 0.6) is 0 Å². The standard InChI is InChI=1S/C17H17N5O4S/c1-27(25,26)15-6-2-5-14(16(15)22(23)24)20-8-10-21(11-9-20)17-13(12-18)4-3-7-19-17/h2-7H,8-11H2,1H3. The van der Waals surface area contributed by atoms with Gasteiger partial charge in [-0.3, -0.25) is 10.1 Å². The van der Waals surface area contributed by atoms with Crippen molar-refractivity contribution in [3.05, 3.63) is 52.2 Å². The van der Waals surface area contributed by atoms with E-state index in [9.17, 15) is 23.8 Å². The average Bonchev–Trinajstić information content (AvgIpc) is 2.66. The van der Waals surface area contributed by atoms with Gasteiger partial charge in [0.2, 0.25) is 0 Å². The molecular weight excluding hydrogens is 370 g/mol. The van der Waals surface area contributed by atoms with E-state index in [1.807, 2.05) is 4.90 Å². The van der Waals surface area contributed by atoms with E-state index >= 15 is 0 Å². The second-order valence-corrected chi connectivity index (χ2v) is 8.10. The molecule has 0 N–H and O–H groups in total. The van der Waals surface area contributed by atoms with Gasteiger partial charge >= 0.3 is 5.69 Å². The highest BCUT2D eigenvalue weighted by Crippen LogP contribution is 2.35. The molecule has 0 bridgehead atoms. The third kappa shape index (κ3) is 3.68. The molecule has 1 aromatic heterocycles. The quantitative estimate of drug-likeness (QED) is 0.573. The SMILES string of the molecule is CS(=O)(=O)c1cccc(N2CCN(c3ncccc3C#N)CC2)c1[N+](=O)[O-]. The normalized spacial score (nSPS) is 14.7. The number of para-hydroxylation sites is 1. The van der Waals surface area contributed by atoms with Crippen LogP contribution in [-0.2, 0) is 9.84 Å². The summed E-state index contributed by atoms with van der Waals surface area (Å²) in [4.78, 5) is 18.6. The van der Waals surface area contributed by atoms with Gasteiger partial charge in [-0.05, 0) is 24.3 Å². The van der Waals surface area contributed by atoms with Gasteiger partial charge < -0.3 is 9.80 Å². The highest BCUT2D eigenvalue weighted by atomic mass is 32.2. The fourth-order valence-corrected chi connectivity index (χ4v) is 4.00. The number of nitrogens with zero attached hydrogens (tertiary/aromatic N) is 5. The zero-order chi connectivity index (χ0) is 19.6. The number of rotatable bonds is 4. The number of nitro benzene ring substituents is 1.